The lowest BCUT2D eigenvalue weighted by Gasteiger charge is -2.08. The molecule has 0 saturated heterocycles. The van der Waals surface area contributed by atoms with E-state index in [1.54, 1.807) is 43.3 Å². The Morgan fingerprint density at radius 2 is 1.62 bits per heavy atom. The highest BCUT2D eigenvalue weighted by Crippen LogP contribution is 2.08. The molecular formula is C19H20FN3O3. The molecule has 0 fully saturated rings. The van der Waals surface area contributed by atoms with Gasteiger partial charge in [-0.2, -0.15) is 0 Å². The van der Waals surface area contributed by atoms with Crippen LogP contribution >= 0.6 is 0 Å². The summed E-state index contributed by atoms with van der Waals surface area (Å²) < 4.78 is 13.5. The molecule has 0 bridgehead atoms. The number of nitrogens with zero attached hydrogens (tertiary/aromatic N) is 1. The van der Waals surface area contributed by atoms with Crippen LogP contribution in [0.2, 0.25) is 0 Å². The number of amides is 2. The highest BCUT2D eigenvalue weighted by molar-refractivity contribution is 5.95. The van der Waals surface area contributed by atoms with Gasteiger partial charge >= 0.3 is 0 Å². The first-order valence-electron chi connectivity index (χ1n) is 8.00. The first-order valence-corrected chi connectivity index (χ1v) is 8.00. The van der Waals surface area contributed by atoms with Gasteiger partial charge in [0.25, 0.3) is 11.8 Å². The Labute approximate surface area is 151 Å². The summed E-state index contributed by atoms with van der Waals surface area (Å²) in [5.74, 6) is -1.07. The molecule has 2 aromatic carbocycles. The monoisotopic (exact) mass is 357 g/mol. The van der Waals surface area contributed by atoms with Gasteiger partial charge in [0.2, 0.25) is 0 Å². The molecule has 0 aromatic heterocycles. The molecule has 0 saturated carbocycles. The van der Waals surface area contributed by atoms with Gasteiger partial charge in [-0.1, -0.05) is 23.4 Å². The van der Waals surface area contributed by atoms with Crippen molar-refractivity contribution in [3.05, 3.63) is 70.5 Å². The van der Waals surface area contributed by atoms with Gasteiger partial charge < -0.3 is 15.5 Å². The molecule has 0 aliphatic heterocycles. The van der Waals surface area contributed by atoms with E-state index in [0.29, 0.717) is 11.1 Å². The van der Waals surface area contributed by atoms with E-state index < -0.39 is 5.82 Å². The van der Waals surface area contributed by atoms with E-state index in [0.717, 1.165) is 5.56 Å². The number of rotatable bonds is 7. The third kappa shape index (κ3) is 5.41. The van der Waals surface area contributed by atoms with E-state index in [1.165, 1.54) is 19.4 Å². The summed E-state index contributed by atoms with van der Waals surface area (Å²) in [6, 6.07) is 11.1. The van der Waals surface area contributed by atoms with E-state index in [-0.39, 0.29) is 30.5 Å². The zero-order valence-electron chi connectivity index (χ0n) is 14.6. The molecule has 2 rings (SSSR count). The van der Waals surface area contributed by atoms with Crippen molar-refractivity contribution in [1.29, 1.82) is 0 Å². The third-order valence-corrected chi connectivity index (χ3v) is 3.61. The molecule has 0 unspecified atom stereocenters. The van der Waals surface area contributed by atoms with Crippen molar-refractivity contribution in [3.8, 4) is 0 Å². The lowest BCUT2D eigenvalue weighted by molar-refractivity contribution is 0.0927. The maximum Gasteiger partial charge on any atom is 0.251 e. The number of hydrogen-bond donors (Lipinski definition) is 2. The largest absolute Gasteiger partial charge is 0.399 e. The topological polar surface area (TPSA) is 79.8 Å². The molecule has 6 nitrogen and oxygen atoms in total. The zero-order chi connectivity index (χ0) is 18.9. The molecule has 26 heavy (non-hydrogen) atoms. The van der Waals surface area contributed by atoms with Crippen molar-refractivity contribution < 1.29 is 18.8 Å². The van der Waals surface area contributed by atoms with Crippen LogP contribution in [0, 0.1) is 12.7 Å². The second kappa shape index (κ2) is 9.31. The molecule has 136 valence electrons. The fraction of sp³-hybridized carbons (Fsp3) is 0.211. The third-order valence-electron chi connectivity index (χ3n) is 3.61. The Hall–Kier alpha value is -3.22. The van der Waals surface area contributed by atoms with Crippen molar-refractivity contribution >= 4 is 18.0 Å². The van der Waals surface area contributed by atoms with E-state index in [4.69, 9.17) is 0 Å². The highest BCUT2D eigenvalue weighted by Gasteiger charge is 2.08. The number of halogens is 1. The van der Waals surface area contributed by atoms with Crippen molar-refractivity contribution in [2.45, 2.75) is 6.92 Å². The second-order valence-corrected chi connectivity index (χ2v) is 5.51. The molecule has 0 aliphatic carbocycles. The minimum atomic E-state index is -0.426. The maximum atomic E-state index is 13.5. The van der Waals surface area contributed by atoms with Gasteiger partial charge in [0.05, 0.1) is 6.21 Å². The van der Waals surface area contributed by atoms with Gasteiger partial charge in [0.15, 0.2) is 0 Å². The molecule has 2 amide bonds. The van der Waals surface area contributed by atoms with Gasteiger partial charge in [0, 0.05) is 24.2 Å². The van der Waals surface area contributed by atoms with Gasteiger partial charge in [-0.15, -0.1) is 0 Å². The first-order chi connectivity index (χ1) is 12.5. The summed E-state index contributed by atoms with van der Waals surface area (Å²) in [6.07, 6.45) is 1.53. The fourth-order valence-electron chi connectivity index (χ4n) is 2.12. The van der Waals surface area contributed by atoms with Gasteiger partial charge in [-0.25, -0.2) is 4.39 Å². The van der Waals surface area contributed by atoms with Crippen LogP contribution < -0.4 is 10.6 Å². The molecule has 7 heteroatoms. The Kier molecular flexibility index (Phi) is 6.84. The molecule has 0 radical (unpaired) electrons. The number of nitrogens with one attached hydrogen (secondary N) is 2. The predicted octanol–water partition coefficient (Wildman–Crippen LogP) is 2.27. The number of benzene rings is 2. The highest BCUT2D eigenvalue weighted by atomic mass is 19.1. The van der Waals surface area contributed by atoms with Crippen LogP contribution in [0.4, 0.5) is 4.39 Å². The summed E-state index contributed by atoms with van der Waals surface area (Å²) in [5, 5.41) is 8.98. The summed E-state index contributed by atoms with van der Waals surface area (Å²) in [7, 11) is 1.45. The lowest BCUT2D eigenvalue weighted by atomic mass is 10.1. The predicted molar refractivity (Wildman–Crippen MR) is 96.8 cm³/mol. The number of carbonyl (C=O) groups is 2. The van der Waals surface area contributed by atoms with Crippen molar-refractivity contribution in [2.75, 3.05) is 20.2 Å². The van der Waals surface area contributed by atoms with Gasteiger partial charge in [0.1, 0.15) is 12.9 Å². The normalized spacial score (nSPS) is 10.6. The standard InChI is InChI=1S/C19H20FN3O3/c1-13-3-6-16(11-17(13)20)19(25)22-10-9-21-18(24)15-7-4-14(5-8-15)12-23-26-2/h3-8,11-12H,9-10H2,1-2H3,(H,21,24)(H,22,25)/b23-12+. The first kappa shape index (κ1) is 19.1. The average Bonchev–Trinajstić information content (AvgIpc) is 2.65. The molecular weight excluding hydrogens is 337 g/mol. The van der Waals surface area contributed by atoms with Crippen molar-refractivity contribution in [2.24, 2.45) is 5.16 Å². The van der Waals surface area contributed by atoms with E-state index in [1.807, 2.05) is 0 Å². The average molecular weight is 357 g/mol. The van der Waals surface area contributed by atoms with Crippen molar-refractivity contribution in [1.82, 2.24) is 10.6 Å². The molecule has 0 heterocycles. The van der Waals surface area contributed by atoms with Crippen LogP contribution in [-0.4, -0.2) is 38.2 Å². The summed E-state index contributed by atoms with van der Waals surface area (Å²) in [4.78, 5) is 28.6. The van der Waals surface area contributed by atoms with Gasteiger partial charge in [-0.05, 0) is 42.3 Å². The quantitative estimate of drug-likeness (QED) is 0.453. The minimum Gasteiger partial charge on any atom is -0.399 e. The van der Waals surface area contributed by atoms with Crippen LogP contribution in [0.1, 0.15) is 31.8 Å². The van der Waals surface area contributed by atoms with Crippen LogP contribution in [-0.2, 0) is 4.84 Å². The summed E-state index contributed by atoms with van der Waals surface area (Å²) >= 11 is 0. The van der Waals surface area contributed by atoms with Crippen molar-refractivity contribution in [3.63, 3.8) is 0 Å². The second-order valence-electron chi connectivity index (χ2n) is 5.51. The Morgan fingerprint density at radius 3 is 2.19 bits per heavy atom. The molecule has 0 atom stereocenters. The van der Waals surface area contributed by atoms with Crippen LogP contribution in [0.3, 0.4) is 0 Å². The minimum absolute atomic E-state index is 0.235. The van der Waals surface area contributed by atoms with Crippen LogP contribution in [0.25, 0.3) is 0 Å². The number of hydrogen-bond acceptors (Lipinski definition) is 4. The fourth-order valence-corrected chi connectivity index (χ4v) is 2.12. The molecule has 0 aliphatic rings. The number of oxime groups is 1. The van der Waals surface area contributed by atoms with Gasteiger partial charge in [-0.3, -0.25) is 9.59 Å². The summed E-state index contributed by atoms with van der Waals surface area (Å²) in [6.45, 7) is 2.12. The van der Waals surface area contributed by atoms with E-state index in [9.17, 15) is 14.0 Å². The van der Waals surface area contributed by atoms with E-state index >= 15 is 0 Å². The van der Waals surface area contributed by atoms with Crippen LogP contribution in [0.5, 0.6) is 0 Å². The maximum absolute atomic E-state index is 13.5. The Bertz CT molecular complexity index is 804. The number of aryl methyl sites for hydroxylation is 1. The van der Waals surface area contributed by atoms with Crippen LogP contribution in [0.15, 0.2) is 47.6 Å². The van der Waals surface area contributed by atoms with E-state index in [2.05, 4.69) is 20.6 Å². The molecule has 0 spiro atoms. The SMILES string of the molecule is CO/N=C/c1ccc(C(=O)NCCNC(=O)c2ccc(C)c(F)c2)cc1. The molecule has 2 N–H and O–H groups in total. The Balaban J connectivity index is 1.78. The smallest absolute Gasteiger partial charge is 0.251 e. The summed E-state index contributed by atoms with van der Waals surface area (Å²) in [5.41, 5.74) is 2.02. The Morgan fingerprint density at radius 1 is 1.04 bits per heavy atom. The zero-order valence-corrected chi connectivity index (χ0v) is 14.6. The number of carbonyl (C=O) groups excluding carboxylic acids is 2. The lowest BCUT2D eigenvalue weighted by Crippen LogP contribution is -2.34. The molecule has 2 aromatic rings.